The van der Waals surface area contributed by atoms with Crippen LogP contribution in [-0.2, 0) is 16.6 Å². The molecule has 0 radical (unpaired) electrons. The fraction of sp³-hybridized carbons (Fsp3) is 0.286. The molecule has 0 spiro atoms. The lowest BCUT2D eigenvalue weighted by atomic mass is 10.2. The van der Waals surface area contributed by atoms with Crippen LogP contribution in [0.15, 0.2) is 45.7 Å². The van der Waals surface area contributed by atoms with Crippen LogP contribution < -0.4 is 10.5 Å². The second-order valence-corrected chi connectivity index (χ2v) is 6.30. The third-order valence-corrected chi connectivity index (χ3v) is 3.94. The highest BCUT2D eigenvalue weighted by atomic mass is 32.2. The molecule has 0 aliphatic heterocycles. The molecule has 0 bridgehead atoms. The lowest BCUT2D eigenvalue weighted by Crippen LogP contribution is -2.18. The van der Waals surface area contributed by atoms with Crippen LogP contribution in [0.5, 0.6) is 0 Å². The highest BCUT2D eigenvalue weighted by molar-refractivity contribution is 7.89. The molecule has 1 atom stereocenters. The Labute approximate surface area is 118 Å². The molecule has 0 saturated heterocycles. The molecule has 5 nitrogen and oxygen atoms in total. The number of nitrogens with two attached hydrogens (primary N) is 1. The van der Waals surface area contributed by atoms with E-state index in [4.69, 9.17) is 9.56 Å². The summed E-state index contributed by atoms with van der Waals surface area (Å²) in [5.74, 6) is 1.72. The van der Waals surface area contributed by atoms with E-state index in [0.717, 1.165) is 17.1 Å². The van der Waals surface area contributed by atoms with Crippen molar-refractivity contribution < 1.29 is 12.8 Å². The van der Waals surface area contributed by atoms with Crippen molar-refractivity contribution in [1.82, 2.24) is 5.32 Å². The number of hydrogen-bond donors (Lipinski definition) is 2. The van der Waals surface area contributed by atoms with Gasteiger partial charge >= 0.3 is 0 Å². The fourth-order valence-corrected chi connectivity index (χ4v) is 2.47. The lowest BCUT2D eigenvalue weighted by Gasteiger charge is -2.12. The van der Waals surface area contributed by atoms with Crippen LogP contribution >= 0.6 is 0 Å². The Hall–Kier alpha value is -1.63. The zero-order valence-corrected chi connectivity index (χ0v) is 12.3. The predicted octanol–water partition coefficient (Wildman–Crippen LogP) is 2.09. The van der Waals surface area contributed by atoms with Crippen molar-refractivity contribution in [3.8, 4) is 0 Å². The summed E-state index contributed by atoms with van der Waals surface area (Å²) in [6, 6.07) is 10.5. The molecule has 0 saturated carbocycles. The average Bonchev–Trinajstić information content (AvgIpc) is 2.82. The number of hydrogen-bond acceptors (Lipinski definition) is 4. The first-order chi connectivity index (χ1) is 9.36. The fourth-order valence-electron chi connectivity index (χ4n) is 1.89. The van der Waals surface area contributed by atoms with E-state index in [0.29, 0.717) is 6.54 Å². The first-order valence-corrected chi connectivity index (χ1v) is 7.82. The average molecular weight is 294 g/mol. The maximum atomic E-state index is 11.3. The first kappa shape index (κ1) is 14.8. The largest absolute Gasteiger partial charge is 0.465 e. The Morgan fingerprint density at radius 3 is 2.65 bits per heavy atom. The number of nitrogens with one attached hydrogen (secondary N) is 1. The zero-order valence-electron chi connectivity index (χ0n) is 11.5. The number of sulfonamides is 1. The number of benzene rings is 1. The summed E-state index contributed by atoms with van der Waals surface area (Å²) in [6.45, 7) is 4.41. The molecule has 1 heterocycles. The van der Waals surface area contributed by atoms with Crippen molar-refractivity contribution in [2.75, 3.05) is 0 Å². The van der Waals surface area contributed by atoms with Crippen LogP contribution in [0.4, 0.5) is 0 Å². The molecular formula is C14H18N2O3S. The summed E-state index contributed by atoms with van der Waals surface area (Å²) >= 11 is 0. The third kappa shape index (κ3) is 3.69. The van der Waals surface area contributed by atoms with Crippen LogP contribution in [0.1, 0.15) is 30.0 Å². The van der Waals surface area contributed by atoms with Crippen LogP contribution in [0.2, 0.25) is 0 Å². The molecule has 1 aromatic carbocycles. The maximum absolute atomic E-state index is 11.3. The molecule has 0 amide bonds. The van der Waals surface area contributed by atoms with Gasteiger partial charge in [-0.3, -0.25) is 0 Å². The van der Waals surface area contributed by atoms with Crippen molar-refractivity contribution in [1.29, 1.82) is 0 Å². The number of furan rings is 1. The summed E-state index contributed by atoms with van der Waals surface area (Å²) < 4.78 is 28.1. The lowest BCUT2D eigenvalue weighted by molar-refractivity contribution is 0.416. The van der Waals surface area contributed by atoms with E-state index in [2.05, 4.69) is 5.32 Å². The smallest absolute Gasteiger partial charge is 0.238 e. The highest BCUT2D eigenvalue weighted by Crippen LogP contribution is 2.16. The molecular weight excluding hydrogens is 276 g/mol. The SMILES string of the molecule is Cc1ccc(C(C)NCc2cccc(S(N)(=O)=O)c2)o1. The normalized spacial score (nSPS) is 13.3. The van der Waals surface area contributed by atoms with Crippen molar-refractivity contribution in [3.05, 3.63) is 53.5 Å². The van der Waals surface area contributed by atoms with Crippen molar-refractivity contribution >= 4 is 10.0 Å². The molecule has 0 aliphatic rings. The quantitative estimate of drug-likeness (QED) is 0.884. The van der Waals surface area contributed by atoms with Crippen molar-refractivity contribution in [3.63, 3.8) is 0 Å². The Morgan fingerprint density at radius 1 is 1.30 bits per heavy atom. The summed E-state index contributed by atoms with van der Waals surface area (Å²) in [6.07, 6.45) is 0. The zero-order chi connectivity index (χ0) is 14.8. The minimum Gasteiger partial charge on any atom is -0.465 e. The first-order valence-electron chi connectivity index (χ1n) is 6.28. The van der Waals surface area contributed by atoms with Gasteiger partial charge in [-0.05, 0) is 43.7 Å². The minimum absolute atomic E-state index is 0.0434. The van der Waals surface area contributed by atoms with Gasteiger partial charge in [0.15, 0.2) is 0 Å². The minimum atomic E-state index is -3.66. The maximum Gasteiger partial charge on any atom is 0.238 e. The van der Waals surface area contributed by atoms with E-state index in [-0.39, 0.29) is 10.9 Å². The number of aryl methyl sites for hydroxylation is 1. The molecule has 3 N–H and O–H groups in total. The molecule has 0 fully saturated rings. The van der Waals surface area contributed by atoms with Gasteiger partial charge in [0, 0.05) is 6.54 Å². The Kier molecular flexibility index (Phi) is 4.27. The van der Waals surface area contributed by atoms with Gasteiger partial charge in [0.25, 0.3) is 0 Å². The van der Waals surface area contributed by atoms with Gasteiger partial charge in [-0.25, -0.2) is 13.6 Å². The van der Waals surface area contributed by atoms with E-state index in [9.17, 15) is 8.42 Å². The topological polar surface area (TPSA) is 85.3 Å². The van der Waals surface area contributed by atoms with E-state index in [1.54, 1.807) is 12.1 Å². The standard InChI is InChI=1S/C14H18N2O3S/c1-10-6-7-14(19-10)11(2)16-9-12-4-3-5-13(8-12)20(15,17)18/h3-8,11,16H,9H2,1-2H3,(H2,15,17,18). The molecule has 6 heteroatoms. The highest BCUT2D eigenvalue weighted by Gasteiger charge is 2.11. The van der Waals surface area contributed by atoms with Gasteiger partial charge in [-0.1, -0.05) is 12.1 Å². The van der Waals surface area contributed by atoms with Gasteiger partial charge < -0.3 is 9.73 Å². The molecule has 20 heavy (non-hydrogen) atoms. The van der Waals surface area contributed by atoms with Gasteiger partial charge in [0.1, 0.15) is 11.5 Å². The van der Waals surface area contributed by atoms with Gasteiger partial charge in [-0.15, -0.1) is 0 Å². The molecule has 2 aromatic rings. The molecule has 108 valence electrons. The molecule has 2 rings (SSSR count). The van der Waals surface area contributed by atoms with E-state index >= 15 is 0 Å². The predicted molar refractivity (Wildman–Crippen MR) is 76.5 cm³/mol. The Bertz CT molecular complexity index is 692. The van der Waals surface area contributed by atoms with E-state index < -0.39 is 10.0 Å². The Balaban J connectivity index is 2.04. The van der Waals surface area contributed by atoms with Crippen molar-refractivity contribution in [2.45, 2.75) is 31.3 Å². The molecule has 1 aromatic heterocycles. The number of rotatable bonds is 5. The van der Waals surface area contributed by atoms with Crippen molar-refractivity contribution in [2.24, 2.45) is 5.14 Å². The summed E-state index contributed by atoms with van der Waals surface area (Å²) in [5.41, 5.74) is 0.853. The monoisotopic (exact) mass is 294 g/mol. The van der Waals surface area contributed by atoms with Crippen LogP contribution in [0.3, 0.4) is 0 Å². The van der Waals surface area contributed by atoms with Gasteiger partial charge in [-0.2, -0.15) is 0 Å². The molecule has 1 unspecified atom stereocenters. The summed E-state index contributed by atoms with van der Waals surface area (Å²) in [4.78, 5) is 0.123. The second kappa shape index (κ2) is 5.78. The summed E-state index contributed by atoms with van der Waals surface area (Å²) in [7, 11) is -3.66. The number of primary sulfonamides is 1. The second-order valence-electron chi connectivity index (χ2n) is 4.74. The van der Waals surface area contributed by atoms with E-state index in [1.165, 1.54) is 6.07 Å². The van der Waals surface area contributed by atoms with Gasteiger partial charge in [0.05, 0.1) is 10.9 Å². The summed E-state index contributed by atoms with van der Waals surface area (Å²) in [5, 5.41) is 8.39. The van der Waals surface area contributed by atoms with Crippen LogP contribution in [0.25, 0.3) is 0 Å². The van der Waals surface area contributed by atoms with Gasteiger partial charge in [0.2, 0.25) is 10.0 Å². The van der Waals surface area contributed by atoms with E-state index in [1.807, 2.05) is 32.0 Å². The third-order valence-electron chi connectivity index (χ3n) is 3.03. The molecule has 0 aliphatic carbocycles. The van der Waals surface area contributed by atoms with Crippen LogP contribution in [0, 0.1) is 6.92 Å². The Morgan fingerprint density at radius 2 is 2.05 bits per heavy atom. The van der Waals surface area contributed by atoms with Crippen LogP contribution in [-0.4, -0.2) is 8.42 Å².